The van der Waals surface area contributed by atoms with Gasteiger partial charge in [0.15, 0.2) is 0 Å². The van der Waals surface area contributed by atoms with E-state index in [0.717, 1.165) is 49.0 Å². The predicted octanol–water partition coefficient (Wildman–Crippen LogP) is 2.41. The number of hydrogen-bond acceptors (Lipinski definition) is 7. The highest BCUT2D eigenvalue weighted by atomic mass is 32.2. The van der Waals surface area contributed by atoms with Gasteiger partial charge in [0.2, 0.25) is 10.0 Å². The summed E-state index contributed by atoms with van der Waals surface area (Å²) < 4.78 is 38.7. The van der Waals surface area contributed by atoms with Crippen molar-refractivity contribution in [1.82, 2.24) is 19.3 Å². The van der Waals surface area contributed by atoms with Crippen LogP contribution in [0.3, 0.4) is 0 Å². The number of ether oxygens (including phenoxy) is 2. The molecule has 1 N–H and O–H groups in total. The Morgan fingerprint density at radius 3 is 2.78 bits per heavy atom. The lowest BCUT2D eigenvalue weighted by atomic mass is 9.86. The fourth-order valence-electron chi connectivity index (χ4n) is 4.92. The summed E-state index contributed by atoms with van der Waals surface area (Å²) in [5, 5.41) is 1.02. The number of nitrogens with zero attached hydrogens (tertiary/aromatic N) is 4. The fraction of sp³-hybridized carbons (Fsp3) is 0.727. The molecule has 1 saturated carbocycles. The Morgan fingerprint density at radius 2 is 2.00 bits per heavy atom. The molecule has 0 bridgehead atoms. The van der Waals surface area contributed by atoms with Gasteiger partial charge in [-0.15, -0.1) is 0 Å². The summed E-state index contributed by atoms with van der Waals surface area (Å²) in [4.78, 5) is 14.1. The van der Waals surface area contributed by atoms with Gasteiger partial charge in [-0.3, -0.25) is 0 Å². The summed E-state index contributed by atoms with van der Waals surface area (Å²) in [7, 11) is -1.18. The van der Waals surface area contributed by atoms with Crippen molar-refractivity contribution in [2.24, 2.45) is 5.92 Å². The molecule has 0 spiro atoms. The van der Waals surface area contributed by atoms with Crippen LogP contribution in [0.4, 0.5) is 5.82 Å². The molecular weight excluding hydrogens is 430 g/mol. The molecule has 0 radical (unpaired) electrons. The van der Waals surface area contributed by atoms with Crippen LogP contribution in [0.5, 0.6) is 0 Å². The minimum Gasteiger partial charge on any atom is -0.379 e. The predicted molar refractivity (Wildman–Crippen MR) is 124 cm³/mol. The molecule has 0 amide bonds. The number of anilines is 1. The Balaban J connectivity index is 1.26. The third kappa shape index (κ3) is 5.41. The molecule has 1 atom stereocenters. The Bertz CT molecular complexity index is 974. The minimum atomic E-state index is -3.26. The molecule has 1 aliphatic carbocycles. The lowest BCUT2D eigenvalue weighted by Crippen LogP contribution is -2.39. The van der Waals surface area contributed by atoms with Crippen molar-refractivity contribution in [2.75, 3.05) is 50.6 Å². The lowest BCUT2D eigenvalue weighted by Gasteiger charge is -2.35. The molecule has 2 aliphatic rings. The zero-order chi connectivity index (χ0) is 22.6. The van der Waals surface area contributed by atoms with Crippen LogP contribution in [0.1, 0.15) is 39.0 Å². The fourth-order valence-corrected chi connectivity index (χ4v) is 6.84. The van der Waals surface area contributed by atoms with E-state index in [1.165, 1.54) is 0 Å². The van der Waals surface area contributed by atoms with Crippen LogP contribution in [0.2, 0.25) is 0 Å². The van der Waals surface area contributed by atoms with Gasteiger partial charge in [-0.2, -0.15) is 4.31 Å². The second-order valence-electron chi connectivity index (χ2n) is 8.84. The standard InChI is InChI=1S/C22H35N5O4S/c1-3-30-12-13-31-19-9-11-27(14-19)32(28,29)15-17-4-6-18(7-5-17)26(2)22-20-8-10-23-21(20)24-16-25-22/h8,10,16-19H,3-7,9,11-15H2,1-2H3,(H,23,24,25). The number of rotatable bonds is 10. The molecule has 9 nitrogen and oxygen atoms in total. The van der Waals surface area contributed by atoms with E-state index in [2.05, 4.69) is 26.9 Å². The van der Waals surface area contributed by atoms with Gasteiger partial charge in [-0.1, -0.05) is 0 Å². The zero-order valence-corrected chi connectivity index (χ0v) is 19.9. The SMILES string of the molecule is CCOCCOC1CCN(S(=O)(=O)CC2CCC(N(C)c3ncnc4[nH]ccc34)CC2)C1. The van der Waals surface area contributed by atoms with Crippen molar-refractivity contribution in [2.45, 2.75) is 51.2 Å². The smallest absolute Gasteiger partial charge is 0.214 e. The lowest BCUT2D eigenvalue weighted by molar-refractivity contribution is 0.0143. The molecule has 2 aromatic heterocycles. The van der Waals surface area contributed by atoms with Crippen molar-refractivity contribution in [3.63, 3.8) is 0 Å². The number of hydrogen-bond donors (Lipinski definition) is 1. The van der Waals surface area contributed by atoms with E-state index in [-0.39, 0.29) is 17.8 Å². The summed E-state index contributed by atoms with van der Waals surface area (Å²) in [5.74, 6) is 1.38. The maximum atomic E-state index is 13.0. The summed E-state index contributed by atoms with van der Waals surface area (Å²) in [6.07, 6.45) is 7.97. The van der Waals surface area contributed by atoms with E-state index < -0.39 is 10.0 Å². The van der Waals surface area contributed by atoms with Crippen molar-refractivity contribution >= 4 is 26.9 Å². The first-order chi connectivity index (χ1) is 15.5. The highest BCUT2D eigenvalue weighted by Crippen LogP contribution is 2.32. The Hall–Kier alpha value is -1.75. The molecule has 32 heavy (non-hydrogen) atoms. The molecule has 178 valence electrons. The molecule has 1 unspecified atom stereocenters. The number of sulfonamides is 1. The van der Waals surface area contributed by atoms with Crippen LogP contribution in [0.25, 0.3) is 11.0 Å². The summed E-state index contributed by atoms with van der Waals surface area (Å²) in [5.41, 5.74) is 0.840. The van der Waals surface area contributed by atoms with E-state index in [9.17, 15) is 8.42 Å². The molecule has 10 heteroatoms. The van der Waals surface area contributed by atoms with E-state index in [0.29, 0.717) is 39.0 Å². The van der Waals surface area contributed by atoms with Crippen molar-refractivity contribution in [1.29, 1.82) is 0 Å². The summed E-state index contributed by atoms with van der Waals surface area (Å²) in [6, 6.07) is 2.36. The van der Waals surface area contributed by atoms with Crippen molar-refractivity contribution < 1.29 is 17.9 Å². The maximum absolute atomic E-state index is 13.0. The number of aromatic nitrogens is 3. The highest BCUT2D eigenvalue weighted by Gasteiger charge is 2.35. The topological polar surface area (TPSA) is 101 Å². The number of H-pyrrole nitrogens is 1. The third-order valence-corrected chi connectivity index (χ3v) is 8.77. The van der Waals surface area contributed by atoms with Gasteiger partial charge in [0.25, 0.3) is 0 Å². The second-order valence-corrected chi connectivity index (χ2v) is 10.9. The molecule has 4 rings (SSSR count). The van der Waals surface area contributed by atoms with E-state index in [1.54, 1.807) is 10.6 Å². The largest absolute Gasteiger partial charge is 0.379 e. The molecule has 2 aromatic rings. The van der Waals surface area contributed by atoms with Gasteiger partial charge < -0.3 is 19.4 Å². The second kappa shape index (κ2) is 10.5. The van der Waals surface area contributed by atoms with Gasteiger partial charge >= 0.3 is 0 Å². The van der Waals surface area contributed by atoms with Crippen LogP contribution in [0.15, 0.2) is 18.6 Å². The Kier molecular flexibility index (Phi) is 7.65. The number of nitrogens with one attached hydrogen (secondary N) is 1. The van der Waals surface area contributed by atoms with Gasteiger partial charge in [0.1, 0.15) is 17.8 Å². The van der Waals surface area contributed by atoms with E-state index in [1.807, 2.05) is 19.2 Å². The molecular formula is C22H35N5O4S. The van der Waals surface area contributed by atoms with Crippen LogP contribution in [0, 0.1) is 5.92 Å². The zero-order valence-electron chi connectivity index (χ0n) is 19.1. The summed E-state index contributed by atoms with van der Waals surface area (Å²) in [6.45, 7) is 4.72. The van der Waals surface area contributed by atoms with Crippen molar-refractivity contribution in [3.8, 4) is 0 Å². The van der Waals surface area contributed by atoms with Gasteiger partial charge in [0, 0.05) is 39.0 Å². The van der Waals surface area contributed by atoms with Gasteiger partial charge in [0.05, 0.1) is 30.5 Å². The first kappa shape index (κ1) is 23.4. The van der Waals surface area contributed by atoms with E-state index in [4.69, 9.17) is 9.47 Å². The minimum absolute atomic E-state index is 0.0206. The third-order valence-electron chi connectivity index (χ3n) is 6.76. The molecule has 1 aliphatic heterocycles. The normalized spacial score (nSPS) is 24.9. The number of aromatic amines is 1. The molecule has 2 fully saturated rings. The van der Waals surface area contributed by atoms with Crippen LogP contribution < -0.4 is 4.90 Å². The molecule has 1 saturated heterocycles. The molecule has 3 heterocycles. The molecule has 0 aromatic carbocycles. The van der Waals surface area contributed by atoms with Crippen LogP contribution >= 0.6 is 0 Å². The highest BCUT2D eigenvalue weighted by molar-refractivity contribution is 7.89. The van der Waals surface area contributed by atoms with Crippen LogP contribution in [-0.2, 0) is 19.5 Å². The Labute approximate surface area is 190 Å². The summed E-state index contributed by atoms with van der Waals surface area (Å²) >= 11 is 0. The van der Waals surface area contributed by atoms with E-state index >= 15 is 0 Å². The first-order valence-electron chi connectivity index (χ1n) is 11.7. The monoisotopic (exact) mass is 465 g/mol. The maximum Gasteiger partial charge on any atom is 0.214 e. The first-order valence-corrected chi connectivity index (χ1v) is 13.3. The van der Waals surface area contributed by atoms with Gasteiger partial charge in [-0.25, -0.2) is 18.4 Å². The quantitative estimate of drug-likeness (QED) is 0.538. The van der Waals surface area contributed by atoms with Crippen molar-refractivity contribution in [3.05, 3.63) is 18.6 Å². The number of fused-ring (bicyclic) bond motifs is 1. The average molecular weight is 466 g/mol. The Morgan fingerprint density at radius 1 is 1.19 bits per heavy atom. The average Bonchev–Trinajstić information content (AvgIpc) is 3.46. The van der Waals surface area contributed by atoms with Gasteiger partial charge in [-0.05, 0) is 51.0 Å². The van der Waals surface area contributed by atoms with Crippen LogP contribution in [-0.4, -0.2) is 85.5 Å².